The maximum Gasteiger partial charge on any atom is 0.325 e. The van der Waals surface area contributed by atoms with Crippen molar-refractivity contribution in [3.63, 3.8) is 0 Å². The molecule has 5 N–H and O–H groups in total. The number of ether oxygens (including phenoxy) is 7. The molecule has 0 unspecified atom stereocenters. The number of nitrogens with zero attached hydrogens (tertiary/aromatic N) is 4. The second kappa shape index (κ2) is 24.3. The maximum atomic E-state index is 14.5. The van der Waals surface area contributed by atoms with Crippen LogP contribution < -0.4 is 5.32 Å². The molecule has 0 spiro atoms. The first-order valence-electron chi connectivity index (χ1n) is 24.6. The Labute approximate surface area is 418 Å². The van der Waals surface area contributed by atoms with E-state index in [9.17, 15) is 34.8 Å². The monoisotopic (exact) mass is 1010 g/mol. The van der Waals surface area contributed by atoms with Crippen LogP contribution in [0.3, 0.4) is 0 Å². The molecule has 3 aliphatic heterocycles. The first kappa shape index (κ1) is 57.8. The highest BCUT2D eigenvalue weighted by molar-refractivity contribution is 7.99. The third-order valence-electron chi connectivity index (χ3n) is 14.6. The Hall–Kier alpha value is -3.12. The van der Waals surface area contributed by atoms with Crippen LogP contribution in [0.2, 0.25) is 0 Å². The van der Waals surface area contributed by atoms with Gasteiger partial charge < -0.3 is 68.7 Å². The summed E-state index contributed by atoms with van der Waals surface area (Å²) in [6, 6.07) is 6.50. The van der Waals surface area contributed by atoms with Gasteiger partial charge in [0.2, 0.25) is 5.91 Å². The molecule has 0 bridgehead atoms. The number of carbonyl (C=O) groups is 3. The molecular weight excluding hydrogens is 927 g/mol. The molecule has 70 heavy (non-hydrogen) atoms. The summed E-state index contributed by atoms with van der Waals surface area (Å²) in [6.45, 7) is 17.4. The van der Waals surface area contributed by atoms with Crippen molar-refractivity contribution in [3.05, 3.63) is 30.5 Å². The number of likely N-dealkylation sites (N-methyl/N-ethyl adjacent to an activating group) is 2. The van der Waals surface area contributed by atoms with E-state index in [2.05, 4.69) is 15.3 Å². The number of nitrogens with one attached hydrogen (secondary N) is 1. The summed E-state index contributed by atoms with van der Waals surface area (Å²) in [5, 5.41) is 51.1. The molecule has 1 amide bonds. The van der Waals surface area contributed by atoms with Crippen LogP contribution in [0.25, 0.3) is 11.0 Å². The number of para-hydroxylation sites is 2. The molecule has 1 aromatic heterocycles. The highest BCUT2D eigenvalue weighted by Crippen LogP contribution is 2.41. The molecule has 5 rings (SSSR count). The van der Waals surface area contributed by atoms with Crippen LogP contribution >= 0.6 is 11.8 Å². The lowest BCUT2D eigenvalue weighted by Crippen LogP contribution is -2.61. The standard InChI is InChI=1S/C50H81N5O14S/c1-15-36-50(10,62)43(59)31(6)55(13)25-27(2)21-48(8,61)44(69-47-41(58)35(54(11)12)20-28(3)64-47)29(4)42(30(5)46(60)66-36)68-40-22-49(9,63-14)45(32(7)65-40)67-39(57)24-52-37(56)26-70-38-23-51-33-18-16-17-19-34(33)53-38/h16-19,23,27-32,35-36,40-45,47,58-59,61-62H,15,20-22,24-26H2,1-14H3,(H,52,56)/t27-,28-,29-,30-,31-,32+,35+,36+,40+,41-,42+,43-,44-,45+,47+,48-,49-,50-/m1/s1. The molecule has 3 aliphatic rings. The zero-order chi connectivity index (χ0) is 52.0. The highest BCUT2D eigenvalue weighted by atomic mass is 32.2. The van der Waals surface area contributed by atoms with Gasteiger partial charge in [0.05, 0.1) is 58.9 Å². The van der Waals surface area contributed by atoms with Gasteiger partial charge in [-0.3, -0.25) is 19.4 Å². The number of aromatic nitrogens is 2. The Balaban J connectivity index is 1.40. The molecular formula is C50H81N5O14S. The Morgan fingerprint density at radius 1 is 0.986 bits per heavy atom. The van der Waals surface area contributed by atoms with Crippen molar-refractivity contribution in [1.82, 2.24) is 25.1 Å². The van der Waals surface area contributed by atoms with Gasteiger partial charge >= 0.3 is 11.9 Å². The summed E-state index contributed by atoms with van der Waals surface area (Å²) in [5.74, 6) is -4.04. The van der Waals surface area contributed by atoms with Crippen molar-refractivity contribution < 1.29 is 68.0 Å². The average Bonchev–Trinajstić information content (AvgIpc) is 3.30. The summed E-state index contributed by atoms with van der Waals surface area (Å²) < 4.78 is 44.5. The van der Waals surface area contributed by atoms with Crippen molar-refractivity contribution >= 4 is 40.6 Å². The third kappa shape index (κ3) is 13.9. The maximum absolute atomic E-state index is 14.5. The normalized spacial score (nSPS) is 39.7. The summed E-state index contributed by atoms with van der Waals surface area (Å²) in [7, 11) is 7.03. The van der Waals surface area contributed by atoms with E-state index in [0.29, 0.717) is 23.5 Å². The number of aliphatic hydroxyl groups excluding tert-OH is 2. The lowest BCUT2D eigenvalue weighted by Gasteiger charge is -2.49. The number of thioether (sulfide) groups is 1. The van der Waals surface area contributed by atoms with Crippen LogP contribution in [0.5, 0.6) is 0 Å². The van der Waals surface area contributed by atoms with E-state index >= 15 is 0 Å². The number of fused-ring (bicyclic) bond motifs is 1. The van der Waals surface area contributed by atoms with Gasteiger partial charge in [-0.05, 0) is 107 Å². The second-order valence-electron chi connectivity index (χ2n) is 20.9. The number of rotatable bonds is 13. The van der Waals surface area contributed by atoms with E-state index in [0.717, 1.165) is 5.52 Å². The number of amides is 1. The van der Waals surface area contributed by atoms with Crippen molar-refractivity contribution in [2.24, 2.45) is 17.8 Å². The molecule has 0 aliphatic carbocycles. The van der Waals surface area contributed by atoms with Gasteiger partial charge in [-0.25, -0.2) is 4.98 Å². The lowest BCUT2D eigenvalue weighted by molar-refractivity contribution is -0.318. The first-order chi connectivity index (χ1) is 32.7. The Bertz CT molecular complexity index is 2050. The van der Waals surface area contributed by atoms with Gasteiger partial charge in [0.1, 0.15) is 41.1 Å². The van der Waals surface area contributed by atoms with E-state index in [1.54, 1.807) is 54.7 Å². The van der Waals surface area contributed by atoms with Crippen LogP contribution in [0, 0.1) is 17.8 Å². The Kier molecular flexibility index (Phi) is 20.0. The van der Waals surface area contributed by atoms with Crippen molar-refractivity contribution in [1.29, 1.82) is 0 Å². The Morgan fingerprint density at radius 3 is 2.30 bits per heavy atom. The molecule has 3 saturated heterocycles. The number of carbonyl (C=O) groups excluding carboxylic acids is 3. The Morgan fingerprint density at radius 2 is 1.66 bits per heavy atom. The van der Waals surface area contributed by atoms with Crippen LogP contribution in [-0.4, -0.2) is 195 Å². The molecule has 19 nitrogen and oxygen atoms in total. The summed E-state index contributed by atoms with van der Waals surface area (Å²) in [6.07, 6.45) is -7.72. The summed E-state index contributed by atoms with van der Waals surface area (Å²) in [4.78, 5) is 53.4. The summed E-state index contributed by atoms with van der Waals surface area (Å²) >= 11 is 1.19. The zero-order valence-electron chi connectivity index (χ0n) is 43.6. The molecule has 3 fully saturated rings. The smallest absolute Gasteiger partial charge is 0.325 e. The average molecular weight is 1010 g/mol. The van der Waals surface area contributed by atoms with E-state index in [4.69, 9.17) is 33.2 Å². The number of methoxy groups -OCH3 is 1. The van der Waals surface area contributed by atoms with Crippen molar-refractivity contribution in [3.8, 4) is 0 Å². The fourth-order valence-electron chi connectivity index (χ4n) is 10.5. The minimum absolute atomic E-state index is 0.000703. The predicted octanol–water partition coefficient (Wildman–Crippen LogP) is 3.30. The minimum Gasteiger partial charge on any atom is -0.459 e. The van der Waals surface area contributed by atoms with E-state index in [1.165, 1.54) is 25.8 Å². The third-order valence-corrected chi connectivity index (χ3v) is 15.5. The molecule has 396 valence electrons. The SMILES string of the molecule is CC[C@@H]1OC(=O)[C@H](C)[C@@H](O[C@H]2C[C@@](C)(OC)[C@@H](OC(=O)CNC(=O)CSc3cnc4ccccc4n3)[C@H](C)O2)[C@@H](C)[C@@H](O[C@@H]2O[C@H](C)C[C@H](N(C)C)[C@H]2O)[C@](C)(O)C[C@@H](C)CN(C)[C@H](C)[C@@H](O)[C@]1(C)O. The largest absolute Gasteiger partial charge is 0.459 e. The molecule has 2 aromatic rings. The molecule has 20 heteroatoms. The van der Waals surface area contributed by atoms with Gasteiger partial charge in [0, 0.05) is 38.1 Å². The van der Waals surface area contributed by atoms with Gasteiger partial charge in [-0.1, -0.05) is 44.7 Å². The van der Waals surface area contributed by atoms with Gasteiger partial charge in [0.25, 0.3) is 0 Å². The van der Waals surface area contributed by atoms with Crippen LogP contribution in [0.15, 0.2) is 35.5 Å². The summed E-state index contributed by atoms with van der Waals surface area (Å²) in [5.41, 5.74) is -3.27. The molecule has 18 atom stereocenters. The number of hydrogen-bond acceptors (Lipinski definition) is 19. The predicted molar refractivity (Wildman–Crippen MR) is 261 cm³/mol. The van der Waals surface area contributed by atoms with Gasteiger partial charge in [0.15, 0.2) is 18.7 Å². The number of aliphatic hydroxyl groups is 4. The quantitative estimate of drug-likeness (QED) is 0.143. The molecule has 4 heterocycles. The van der Waals surface area contributed by atoms with E-state index < -0.39 is 114 Å². The second-order valence-corrected chi connectivity index (χ2v) is 21.9. The lowest BCUT2D eigenvalue weighted by atomic mass is 9.77. The van der Waals surface area contributed by atoms with E-state index in [-0.39, 0.29) is 43.1 Å². The van der Waals surface area contributed by atoms with Crippen LogP contribution in [0.4, 0.5) is 0 Å². The fourth-order valence-corrected chi connectivity index (χ4v) is 11.2. The van der Waals surface area contributed by atoms with Crippen LogP contribution in [-0.2, 0) is 47.5 Å². The number of cyclic esters (lactones) is 1. The molecule has 0 saturated carbocycles. The topological polar surface area (TPSA) is 241 Å². The van der Waals surface area contributed by atoms with Crippen molar-refractivity contribution in [2.45, 2.75) is 190 Å². The number of hydrogen-bond donors (Lipinski definition) is 5. The highest BCUT2D eigenvalue weighted by Gasteiger charge is 2.54. The van der Waals surface area contributed by atoms with Gasteiger partial charge in [-0.2, -0.15) is 0 Å². The fraction of sp³-hybridized carbons (Fsp3) is 0.780. The minimum atomic E-state index is -1.86. The number of esters is 2. The van der Waals surface area contributed by atoms with E-state index in [1.807, 2.05) is 69.1 Å². The first-order valence-corrected chi connectivity index (χ1v) is 25.6. The van der Waals surface area contributed by atoms with Crippen LogP contribution in [0.1, 0.15) is 94.9 Å². The zero-order valence-corrected chi connectivity index (χ0v) is 44.4. The number of benzene rings is 1. The van der Waals surface area contributed by atoms with Crippen molar-refractivity contribution in [2.75, 3.05) is 47.1 Å². The van der Waals surface area contributed by atoms with Gasteiger partial charge in [-0.15, -0.1) is 0 Å². The molecule has 0 radical (unpaired) electrons. The molecule has 1 aromatic carbocycles.